The molecule has 0 atom stereocenters. The normalized spacial score (nSPS) is 11.1. The Hall–Kier alpha value is -1.32. The topological polar surface area (TPSA) is 45.8 Å². The summed E-state index contributed by atoms with van der Waals surface area (Å²) < 4.78 is 0. The first-order valence-electron chi connectivity index (χ1n) is 6.47. The zero-order valence-electron chi connectivity index (χ0n) is 11.4. The van der Waals surface area contributed by atoms with Gasteiger partial charge in [0.05, 0.1) is 0 Å². The second-order valence-electron chi connectivity index (χ2n) is 5.16. The highest BCUT2D eigenvalue weighted by molar-refractivity contribution is 6.36. The zero-order chi connectivity index (χ0) is 14.7. The molecule has 0 saturated heterocycles. The van der Waals surface area contributed by atoms with Crippen molar-refractivity contribution in [1.82, 2.24) is 9.97 Å². The van der Waals surface area contributed by atoms with Crippen LogP contribution in [0.25, 0.3) is 0 Å². The highest BCUT2D eigenvalue weighted by Gasteiger charge is 2.10. The predicted octanol–water partition coefficient (Wildman–Crippen LogP) is 3.87. The molecule has 0 amide bonds. The molecule has 1 aromatic carbocycles. The largest absolute Gasteiger partial charge is 0.310 e. The molecule has 0 aliphatic carbocycles. The Morgan fingerprint density at radius 3 is 2.50 bits per heavy atom. The summed E-state index contributed by atoms with van der Waals surface area (Å²) in [5, 5.41) is 1.16. The molecular formula is C15H16Cl2N2O. The maximum Gasteiger partial charge on any atom is 0.251 e. The lowest BCUT2D eigenvalue weighted by atomic mass is 10.1. The van der Waals surface area contributed by atoms with E-state index in [1.807, 2.05) is 0 Å². The average molecular weight is 311 g/mol. The molecular weight excluding hydrogens is 295 g/mol. The number of aromatic nitrogens is 2. The second-order valence-corrected chi connectivity index (χ2v) is 5.97. The van der Waals surface area contributed by atoms with E-state index >= 15 is 0 Å². The standard InChI is InChI=1S/C15H16Cl2N2O/c1-9(2)6-10-7-15(20)19-14(18-10)8-11-12(16)4-3-5-13(11)17/h3-5,7,9H,6,8H2,1-2H3,(H,18,19,20). The van der Waals surface area contributed by atoms with Gasteiger partial charge in [-0.1, -0.05) is 43.1 Å². The number of benzene rings is 1. The van der Waals surface area contributed by atoms with Crippen molar-refractivity contribution < 1.29 is 0 Å². The summed E-state index contributed by atoms with van der Waals surface area (Å²) in [5.41, 5.74) is 1.43. The average Bonchev–Trinajstić information content (AvgIpc) is 2.32. The SMILES string of the molecule is CC(C)Cc1cc(=O)[nH]c(Cc2c(Cl)cccc2Cl)n1. The molecule has 106 valence electrons. The van der Waals surface area contributed by atoms with Crippen molar-refractivity contribution in [1.29, 1.82) is 0 Å². The van der Waals surface area contributed by atoms with Crippen molar-refractivity contribution in [3.63, 3.8) is 0 Å². The van der Waals surface area contributed by atoms with Crippen LogP contribution in [0, 0.1) is 5.92 Å². The smallest absolute Gasteiger partial charge is 0.251 e. The Kier molecular flexibility index (Phi) is 4.84. The molecule has 0 saturated carbocycles. The van der Waals surface area contributed by atoms with Crippen molar-refractivity contribution in [3.8, 4) is 0 Å². The van der Waals surface area contributed by atoms with Crippen LogP contribution < -0.4 is 5.56 Å². The Bertz CT molecular complexity index is 645. The third-order valence-corrected chi connectivity index (χ3v) is 3.58. The van der Waals surface area contributed by atoms with Crippen LogP contribution in [0.4, 0.5) is 0 Å². The molecule has 1 N–H and O–H groups in total. The van der Waals surface area contributed by atoms with Crippen LogP contribution in [0.1, 0.15) is 30.9 Å². The molecule has 1 aromatic heterocycles. The van der Waals surface area contributed by atoms with E-state index in [4.69, 9.17) is 23.2 Å². The first-order valence-corrected chi connectivity index (χ1v) is 7.23. The Balaban J connectivity index is 2.34. The van der Waals surface area contributed by atoms with Crippen LogP contribution in [-0.2, 0) is 12.8 Å². The molecule has 0 radical (unpaired) electrons. The molecule has 1 heterocycles. The third kappa shape index (κ3) is 3.84. The van der Waals surface area contributed by atoms with Crippen LogP contribution in [0.2, 0.25) is 10.0 Å². The number of H-pyrrole nitrogens is 1. The molecule has 0 bridgehead atoms. The maximum absolute atomic E-state index is 11.7. The molecule has 20 heavy (non-hydrogen) atoms. The van der Waals surface area contributed by atoms with Crippen LogP contribution in [0.3, 0.4) is 0 Å². The van der Waals surface area contributed by atoms with E-state index in [0.29, 0.717) is 28.2 Å². The van der Waals surface area contributed by atoms with Gasteiger partial charge in [-0.05, 0) is 30.0 Å². The molecule has 0 unspecified atom stereocenters. The number of halogens is 2. The van der Waals surface area contributed by atoms with Gasteiger partial charge >= 0.3 is 0 Å². The van der Waals surface area contributed by atoms with E-state index in [1.54, 1.807) is 18.2 Å². The van der Waals surface area contributed by atoms with Gasteiger partial charge in [-0.25, -0.2) is 4.98 Å². The number of rotatable bonds is 4. The quantitative estimate of drug-likeness (QED) is 0.932. The third-order valence-electron chi connectivity index (χ3n) is 2.87. The summed E-state index contributed by atoms with van der Waals surface area (Å²) in [6, 6.07) is 6.88. The Labute approximate surface area is 128 Å². The summed E-state index contributed by atoms with van der Waals surface area (Å²) in [6.07, 6.45) is 1.19. The van der Waals surface area contributed by atoms with E-state index in [1.165, 1.54) is 6.07 Å². The number of nitrogens with one attached hydrogen (secondary N) is 1. The van der Waals surface area contributed by atoms with Crippen molar-refractivity contribution in [3.05, 3.63) is 61.7 Å². The van der Waals surface area contributed by atoms with Gasteiger partial charge in [0.15, 0.2) is 0 Å². The molecule has 0 fully saturated rings. The van der Waals surface area contributed by atoms with Gasteiger partial charge in [-0.3, -0.25) is 4.79 Å². The minimum Gasteiger partial charge on any atom is -0.310 e. The zero-order valence-corrected chi connectivity index (χ0v) is 12.9. The summed E-state index contributed by atoms with van der Waals surface area (Å²) in [5.74, 6) is 1.03. The lowest BCUT2D eigenvalue weighted by Gasteiger charge is -2.09. The fraction of sp³-hybridized carbons (Fsp3) is 0.333. The highest BCUT2D eigenvalue weighted by Crippen LogP contribution is 2.25. The van der Waals surface area contributed by atoms with E-state index < -0.39 is 0 Å². The molecule has 3 nitrogen and oxygen atoms in total. The van der Waals surface area contributed by atoms with Gasteiger partial charge in [0.1, 0.15) is 5.82 Å². The summed E-state index contributed by atoms with van der Waals surface area (Å²) in [6.45, 7) is 4.18. The van der Waals surface area contributed by atoms with Gasteiger partial charge < -0.3 is 4.98 Å². The molecule has 0 aliphatic rings. The minimum atomic E-state index is -0.145. The van der Waals surface area contributed by atoms with E-state index in [-0.39, 0.29) is 5.56 Å². The monoisotopic (exact) mass is 310 g/mol. The van der Waals surface area contributed by atoms with Crippen molar-refractivity contribution in [2.75, 3.05) is 0 Å². The summed E-state index contributed by atoms with van der Waals surface area (Å²) in [7, 11) is 0. The van der Waals surface area contributed by atoms with Gasteiger partial charge in [0.25, 0.3) is 5.56 Å². The van der Waals surface area contributed by atoms with Crippen molar-refractivity contribution >= 4 is 23.2 Å². The van der Waals surface area contributed by atoms with Crippen LogP contribution in [0.5, 0.6) is 0 Å². The highest BCUT2D eigenvalue weighted by atomic mass is 35.5. The summed E-state index contributed by atoms with van der Waals surface area (Å²) >= 11 is 12.3. The van der Waals surface area contributed by atoms with E-state index in [9.17, 15) is 4.79 Å². The molecule has 2 rings (SSSR count). The molecule has 0 aliphatic heterocycles. The lowest BCUT2D eigenvalue weighted by molar-refractivity contribution is 0.630. The van der Waals surface area contributed by atoms with E-state index in [0.717, 1.165) is 17.7 Å². The first kappa shape index (κ1) is 15.1. The van der Waals surface area contributed by atoms with Gasteiger partial charge in [-0.2, -0.15) is 0 Å². The Morgan fingerprint density at radius 1 is 1.25 bits per heavy atom. The van der Waals surface area contributed by atoms with Crippen LogP contribution >= 0.6 is 23.2 Å². The number of hydrogen-bond donors (Lipinski definition) is 1. The lowest BCUT2D eigenvalue weighted by Crippen LogP contribution is -2.14. The fourth-order valence-corrected chi connectivity index (χ4v) is 2.57. The molecule has 2 aromatic rings. The Morgan fingerprint density at radius 2 is 1.90 bits per heavy atom. The number of nitrogens with zero attached hydrogens (tertiary/aromatic N) is 1. The van der Waals surface area contributed by atoms with Crippen molar-refractivity contribution in [2.24, 2.45) is 5.92 Å². The summed E-state index contributed by atoms with van der Waals surface area (Å²) in [4.78, 5) is 18.9. The van der Waals surface area contributed by atoms with Crippen LogP contribution in [-0.4, -0.2) is 9.97 Å². The molecule has 5 heteroatoms. The second kappa shape index (κ2) is 6.42. The maximum atomic E-state index is 11.7. The van der Waals surface area contributed by atoms with Crippen LogP contribution in [0.15, 0.2) is 29.1 Å². The first-order chi connectivity index (χ1) is 9.45. The number of aromatic amines is 1. The van der Waals surface area contributed by atoms with E-state index in [2.05, 4.69) is 23.8 Å². The molecule has 0 spiro atoms. The van der Waals surface area contributed by atoms with Gasteiger partial charge in [0.2, 0.25) is 0 Å². The fourth-order valence-electron chi connectivity index (χ4n) is 2.04. The predicted molar refractivity (Wildman–Crippen MR) is 82.7 cm³/mol. The number of hydrogen-bond acceptors (Lipinski definition) is 2. The van der Waals surface area contributed by atoms with Crippen molar-refractivity contribution in [2.45, 2.75) is 26.7 Å². The van der Waals surface area contributed by atoms with Gasteiger partial charge in [0, 0.05) is 28.2 Å². The minimum absolute atomic E-state index is 0.145. The van der Waals surface area contributed by atoms with Gasteiger partial charge in [-0.15, -0.1) is 0 Å².